The van der Waals surface area contributed by atoms with Crippen LogP contribution in [0, 0.1) is 23.3 Å². The third-order valence-electron chi connectivity index (χ3n) is 5.85. The zero-order valence-corrected chi connectivity index (χ0v) is 20.9. The molecule has 8 heteroatoms. The van der Waals surface area contributed by atoms with E-state index in [4.69, 9.17) is 32.9 Å². The summed E-state index contributed by atoms with van der Waals surface area (Å²) in [7, 11) is 0. The minimum Gasteiger partial charge on any atom is -0.390 e. The standard InChI is InChI=1S/C31H24N8/c1-35-28(34)19-21-37-30-17-9-15-27(39-30)31(23-10-4-2-5-11-23,24-12-6-3-7-13-24)26-14-8-16-29(38-26)36-20-18-25(33)22-32/h2-21,34H,33H2,(H,37,39). The molecule has 188 valence electrons. The van der Waals surface area contributed by atoms with Gasteiger partial charge in [-0.3, -0.25) is 0 Å². The molecule has 0 saturated heterocycles. The first kappa shape index (κ1) is 26.2. The van der Waals surface area contributed by atoms with Gasteiger partial charge < -0.3 is 15.9 Å². The summed E-state index contributed by atoms with van der Waals surface area (Å²) in [5.41, 5.74) is 8.02. The van der Waals surface area contributed by atoms with Crippen LogP contribution in [0.2, 0.25) is 0 Å². The van der Waals surface area contributed by atoms with Crippen molar-refractivity contribution in [3.05, 3.63) is 155 Å². The predicted octanol–water partition coefficient (Wildman–Crippen LogP) is 5.75. The number of amidine groups is 1. The number of hydrogen-bond donors (Lipinski definition) is 3. The number of nitrogens with one attached hydrogen (secondary N) is 2. The highest BCUT2D eigenvalue weighted by Crippen LogP contribution is 2.44. The minimum atomic E-state index is -0.916. The molecule has 2 aromatic carbocycles. The Labute approximate surface area is 226 Å². The van der Waals surface area contributed by atoms with Crippen molar-refractivity contribution in [2.24, 2.45) is 10.7 Å². The van der Waals surface area contributed by atoms with E-state index in [9.17, 15) is 0 Å². The predicted molar refractivity (Wildman–Crippen MR) is 153 cm³/mol. The fraction of sp³-hybridized carbons (Fsp3) is 0.0323. The van der Waals surface area contributed by atoms with Crippen molar-refractivity contribution in [1.82, 2.24) is 9.97 Å². The van der Waals surface area contributed by atoms with E-state index in [-0.39, 0.29) is 11.5 Å². The van der Waals surface area contributed by atoms with Crippen molar-refractivity contribution in [2.45, 2.75) is 5.41 Å². The molecule has 0 bridgehead atoms. The molecule has 0 spiro atoms. The van der Waals surface area contributed by atoms with Gasteiger partial charge in [-0.2, -0.15) is 10.7 Å². The van der Waals surface area contributed by atoms with Crippen molar-refractivity contribution in [3.63, 3.8) is 0 Å². The molecule has 0 amide bonds. The van der Waals surface area contributed by atoms with Gasteiger partial charge in [0, 0.05) is 6.21 Å². The molecule has 0 atom stereocenters. The first-order valence-corrected chi connectivity index (χ1v) is 11.9. The molecular weight excluding hydrogens is 484 g/mol. The molecule has 39 heavy (non-hydrogen) atoms. The molecule has 0 aliphatic heterocycles. The molecule has 4 rings (SSSR count). The van der Waals surface area contributed by atoms with E-state index in [1.807, 2.05) is 97.1 Å². The summed E-state index contributed by atoms with van der Waals surface area (Å²) in [5.74, 6) is 0.805. The van der Waals surface area contributed by atoms with Crippen LogP contribution in [-0.2, 0) is 5.41 Å². The lowest BCUT2D eigenvalue weighted by Gasteiger charge is -2.34. The van der Waals surface area contributed by atoms with Crippen LogP contribution in [0.3, 0.4) is 0 Å². The molecular formula is C31H24N8. The Morgan fingerprint density at radius 3 is 2.15 bits per heavy atom. The van der Waals surface area contributed by atoms with Crippen LogP contribution in [-0.4, -0.2) is 22.0 Å². The second kappa shape index (κ2) is 12.4. The van der Waals surface area contributed by atoms with Crippen LogP contribution in [0.4, 0.5) is 11.6 Å². The normalized spacial score (nSPS) is 11.7. The van der Waals surface area contributed by atoms with Gasteiger partial charge in [-0.1, -0.05) is 79.4 Å². The Balaban J connectivity index is 1.96. The lowest BCUT2D eigenvalue weighted by atomic mass is 9.69. The van der Waals surface area contributed by atoms with E-state index in [0.717, 1.165) is 11.1 Å². The number of aromatic nitrogens is 2. The number of anilines is 1. The van der Waals surface area contributed by atoms with E-state index in [0.29, 0.717) is 23.0 Å². The van der Waals surface area contributed by atoms with Crippen molar-refractivity contribution in [2.75, 3.05) is 5.32 Å². The molecule has 4 aromatic rings. The highest BCUT2D eigenvalue weighted by atomic mass is 15.0. The lowest BCUT2D eigenvalue weighted by molar-refractivity contribution is 0.689. The Morgan fingerprint density at radius 1 is 0.923 bits per heavy atom. The largest absolute Gasteiger partial charge is 0.390 e. The highest BCUT2D eigenvalue weighted by Gasteiger charge is 2.41. The summed E-state index contributed by atoms with van der Waals surface area (Å²) in [6.07, 6.45) is 5.77. The quantitative estimate of drug-likeness (QED) is 0.115. The number of nitriles is 1. The van der Waals surface area contributed by atoms with Gasteiger partial charge in [0.25, 0.3) is 5.84 Å². The summed E-state index contributed by atoms with van der Waals surface area (Å²) >= 11 is 0. The van der Waals surface area contributed by atoms with Crippen LogP contribution in [0.5, 0.6) is 0 Å². The SMILES string of the molecule is [C-]#[N+]C(=N)C=CNc1cccc(C(c2ccccc2)(c2ccccc2)c2cccc(N=CC=C(N)C#N)n2)n1. The molecule has 0 aliphatic carbocycles. The number of allylic oxidation sites excluding steroid dienone is 2. The van der Waals surface area contributed by atoms with Crippen LogP contribution in [0.15, 0.2) is 126 Å². The molecule has 0 radical (unpaired) electrons. The van der Waals surface area contributed by atoms with E-state index in [1.165, 1.54) is 24.6 Å². The zero-order valence-electron chi connectivity index (χ0n) is 20.9. The maximum atomic E-state index is 8.92. The van der Waals surface area contributed by atoms with Gasteiger partial charge in [0.2, 0.25) is 0 Å². The van der Waals surface area contributed by atoms with Crippen LogP contribution in [0.1, 0.15) is 22.5 Å². The van der Waals surface area contributed by atoms with Gasteiger partial charge in [0.1, 0.15) is 23.0 Å². The zero-order chi connectivity index (χ0) is 27.5. The summed E-state index contributed by atoms with van der Waals surface area (Å²) in [6.45, 7) is 6.95. The maximum Gasteiger partial charge on any atom is 0.263 e. The fourth-order valence-electron chi connectivity index (χ4n) is 4.17. The third-order valence-corrected chi connectivity index (χ3v) is 5.85. The topological polar surface area (TPSA) is 128 Å². The maximum absolute atomic E-state index is 8.92. The van der Waals surface area contributed by atoms with Gasteiger partial charge in [0.15, 0.2) is 5.82 Å². The van der Waals surface area contributed by atoms with Crippen molar-refractivity contribution in [1.29, 1.82) is 10.7 Å². The number of benzene rings is 2. The molecule has 8 nitrogen and oxygen atoms in total. The highest BCUT2D eigenvalue weighted by molar-refractivity contribution is 5.98. The van der Waals surface area contributed by atoms with Gasteiger partial charge in [-0.25, -0.2) is 15.0 Å². The minimum absolute atomic E-state index is 0.0481. The molecule has 0 unspecified atom stereocenters. The van der Waals surface area contributed by atoms with Crippen LogP contribution < -0.4 is 11.1 Å². The van der Waals surface area contributed by atoms with Gasteiger partial charge in [0.05, 0.1) is 11.4 Å². The molecule has 0 aliphatic rings. The first-order chi connectivity index (χ1) is 19.1. The van der Waals surface area contributed by atoms with Gasteiger partial charge in [-0.15, -0.1) is 0 Å². The Bertz CT molecular complexity index is 1590. The Morgan fingerprint density at radius 2 is 1.54 bits per heavy atom. The smallest absolute Gasteiger partial charge is 0.263 e. The third kappa shape index (κ3) is 5.93. The molecule has 4 N–H and O–H groups in total. The summed E-state index contributed by atoms with van der Waals surface area (Å²) in [6, 6.07) is 33.1. The number of nitrogens with zero attached hydrogens (tertiary/aromatic N) is 5. The second-order valence-electron chi connectivity index (χ2n) is 8.26. The van der Waals surface area contributed by atoms with Crippen molar-refractivity contribution >= 4 is 23.7 Å². The molecule has 2 heterocycles. The van der Waals surface area contributed by atoms with Crippen molar-refractivity contribution < 1.29 is 0 Å². The summed E-state index contributed by atoms with van der Waals surface area (Å²) in [5, 5.41) is 19.5. The van der Waals surface area contributed by atoms with Crippen LogP contribution in [0.25, 0.3) is 4.85 Å². The first-order valence-electron chi connectivity index (χ1n) is 11.9. The van der Waals surface area contributed by atoms with E-state index in [2.05, 4.69) is 15.2 Å². The van der Waals surface area contributed by atoms with E-state index >= 15 is 0 Å². The van der Waals surface area contributed by atoms with Gasteiger partial charge >= 0.3 is 0 Å². The van der Waals surface area contributed by atoms with E-state index < -0.39 is 5.41 Å². The average molecular weight is 509 g/mol. The number of aliphatic imine (C=N–C) groups is 1. The van der Waals surface area contributed by atoms with E-state index in [1.54, 1.807) is 6.07 Å². The van der Waals surface area contributed by atoms with Gasteiger partial charge in [-0.05, 0) is 53.7 Å². The fourth-order valence-corrected chi connectivity index (χ4v) is 4.17. The van der Waals surface area contributed by atoms with Crippen LogP contribution >= 0.6 is 0 Å². The molecule has 0 saturated carbocycles. The Hall–Kier alpha value is -5.86. The number of nitrogens with two attached hydrogens (primary N) is 1. The number of rotatable bonds is 9. The summed E-state index contributed by atoms with van der Waals surface area (Å²) < 4.78 is 0. The lowest BCUT2D eigenvalue weighted by Crippen LogP contribution is -2.33. The monoisotopic (exact) mass is 508 g/mol. The molecule has 2 aromatic heterocycles. The Kier molecular flexibility index (Phi) is 8.33. The van der Waals surface area contributed by atoms with Crippen molar-refractivity contribution in [3.8, 4) is 6.07 Å². The average Bonchev–Trinajstić information content (AvgIpc) is 2.99. The second-order valence-corrected chi connectivity index (χ2v) is 8.26. The number of pyridine rings is 2. The molecule has 0 fully saturated rings. The number of hydrogen-bond acceptors (Lipinski definition) is 7. The summed E-state index contributed by atoms with van der Waals surface area (Å²) in [4.78, 5) is 17.4.